The van der Waals surface area contributed by atoms with E-state index in [0.717, 1.165) is 0 Å². The lowest BCUT2D eigenvalue weighted by Gasteiger charge is -1.98. The summed E-state index contributed by atoms with van der Waals surface area (Å²) in [4.78, 5) is 9.82. The molecule has 0 amide bonds. The number of hydrogen-bond acceptors (Lipinski definition) is 2. The molecule has 63 valence electrons. The lowest BCUT2D eigenvalue weighted by Crippen LogP contribution is -1.90. The highest BCUT2D eigenvalue weighted by atomic mass is 16.6. The van der Waals surface area contributed by atoms with Gasteiger partial charge in [0.25, 0.3) is 5.69 Å². The Morgan fingerprint density at radius 1 is 1.25 bits per heavy atom. The molecule has 0 heterocycles. The third-order valence-electron chi connectivity index (χ3n) is 1.66. The highest BCUT2D eigenvalue weighted by molar-refractivity contribution is 5.47. The van der Waals surface area contributed by atoms with Crippen LogP contribution in [0.5, 0.6) is 5.75 Å². The molecule has 1 aromatic carbocycles. The summed E-state index contributed by atoms with van der Waals surface area (Å²) < 4.78 is 0. The van der Waals surface area contributed by atoms with Crippen molar-refractivity contribution in [3.05, 3.63) is 33.4 Å². The van der Waals surface area contributed by atoms with Crippen molar-refractivity contribution in [3.63, 3.8) is 0 Å². The quantitative estimate of drug-likeness (QED) is 0.474. The Morgan fingerprint density at radius 2 is 1.67 bits per heavy atom. The fraction of sp³-hybridized carbons (Fsp3) is 0.250. The number of hydrogen-bond donors (Lipinski definition) is 0. The monoisotopic (exact) mass is 166 g/mol. The molecule has 0 N–H and O–H groups in total. The Bertz CT molecular complexity index is 310. The van der Waals surface area contributed by atoms with Crippen LogP contribution >= 0.6 is 0 Å². The zero-order chi connectivity index (χ0) is 9.30. The van der Waals surface area contributed by atoms with Gasteiger partial charge in [-0.25, -0.2) is 0 Å². The Balaban J connectivity index is 3.31. The maximum atomic E-state index is 11.1. The van der Waals surface area contributed by atoms with E-state index in [0.29, 0.717) is 11.1 Å². The predicted octanol–water partition coefficient (Wildman–Crippen LogP) is 2.36. The Morgan fingerprint density at radius 3 is 2.00 bits per heavy atom. The van der Waals surface area contributed by atoms with E-state index in [1.807, 2.05) is 0 Å². The normalized spacial score (nSPS) is 9.83. The summed E-state index contributed by atoms with van der Waals surface area (Å²) in [5.41, 5.74) is 0.813. The largest absolute Gasteiger partial charge is 0.289 e. The van der Waals surface area contributed by atoms with E-state index in [1.54, 1.807) is 13.8 Å². The van der Waals surface area contributed by atoms with Crippen molar-refractivity contribution in [1.29, 1.82) is 0 Å². The topological polar surface area (TPSA) is 63.0 Å². The number of nitrogens with zero attached hydrogens (tertiary/aromatic N) is 1. The predicted molar refractivity (Wildman–Crippen MR) is 42.7 cm³/mol. The van der Waals surface area contributed by atoms with Crippen LogP contribution in [-0.4, -0.2) is 4.92 Å². The van der Waals surface area contributed by atoms with E-state index in [-0.39, 0.29) is 11.4 Å². The molecular formula is C8H8NO3. The first kappa shape index (κ1) is 8.52. The van der Waals surface area contributed by atoms with Crippen LogP contribution in [0.25, 0.3) is 0 Å². The average Bonchev–Trinajstić information content (AvgIpc) is 1.99. The summed E-state index contributed by atoms with van der Waals surface area (Å²) in [5, 5.41) is 21.4. The number of benzene rings is 1. The van der Waals surface area contributed by atoms with Crippen molar-refractivity contribution in [1.82, 2.24) is 0 Å². The van der Waals surface area contributed by atoms with Gasteiger partial charge in [0.1, 0.15) is 0 Å². The van der Waals surface area contributed by atoms with Gasteiger partial charge in [0.15, 0.2) is 5.75 Å². The second-order valence-electron chi connectivity index (χ2n) is 2.67. The number of aryl methyl sites for hydroxylation is 2. The Labute approximate surface area is 69.6 Å². The van der Waals surface area contributed by atoms with Crippen LogP contribution in [0.15, 0.2) is 12.1 Å². The lowest BCUT2D eigenvalue weighted by atomic mass is 10.1. The molecule has 1 radical (unpaired) electrons. The van der Waals surface area contributed by atoms with Crippen LogP contribution in [0.1, 0.15) is 11.1 Å². The van der Waals surface area contributed by atoms with Crippen LogP contribution in [-0.2, 0) is 5.11 Å². The molecule has 4 heteroatoms. The third kappa shape index (κ3) is 1.37. The number of non-ortho nitro benzene ring substituents is 1. The van der Waals surface area contributed by atoms with Gasteiger partial charge in [-0.05, 0) is 13.8 Å². The molecule has 0 aromatic heterocycles. The molecule has 0 fully saturated rings. The van der Waals surface area contributed by atoms with Gasteiger partial charge >= 0.3 is 0 Å². The fourth-order valence-corrected chi connectivity index (χ4v) is 1.03. The molecule has 0 atom stereocenters. The molecule has 12 heavy (non-hydrogen) atoms. The highest BCUT2D eigenvalue weighted by Crippen LogP contribution is 2.26. The van der Waals surface area contributed by atoms with Gasteiger partial charge < -0.3 is 0 Å². The van der Waals surface area contributed by atoms with Crippen molar-refractivity contribution >= 4 is 5.69 Å². The molecule has 0 bridgehead atoms. The summed E-state index contributed by atoms with van der Waals surface area (Å²) in [6, 6.07) is 2.57. The van der Waals surface area contributed by atoms with Crippen LogP contribution < -0.4 is 0 Å². The van der Waals surface area contributed by atoms with Gasteiger partial charge in [-0.1, -0.05) is 0 Å². The molecule has 0 aliphatic heterocycles. The van der Waals surface area contributed by atoms with Gasteiger partial charge in [0, 0.05) is 23.3 Å². The van der Waals surface area contributed by atoms with Gasteiger partial charge in [-0.3, -0.25) is 15.2 Å². The minimum absolute atomic E-state index is 0.0235. The van der Waals surface area contributed by atoms with Gasteiger partial charge in [0.05, 0.1) is 4.92 Å². The maximum Gasteiger partial charge on any atom is 0.270 e. The molecule has 0 aliphatic carbocycles. The van der Waals surface area contributed by atoms with E-state index in [2.05, 4.69) is 0 Å². The standard InChI is InChI=1S/C8H8NO3/c1-5-3-7(9(11)12)4-6(2)8(5)10/h3-4H,1-2H3. The molecule has 0 saturated heterocycles. The molecule has 0 aliphatic rings. The van der Waals surface area contributed by atoms with E-state index in [4.69, 9.17) is 0 Å². The first-order chi connectivity index (χ1) is 5.52. The molecular weight excluding hydrogens is 158 g/mol. The summed E-state index contributed by atoms with van der Waals surface area (Å²) >= 11 is 0. The smallest absolute Gasteiger partial charge is 0.270 e. The molecule has 1 rings (SSSR count). The van der Waals surface area contributed by atoms with Crippen LogP contribution in [0, 0.1) is 24.0 Å². The summed E-state index contributed by atoms with van der Waals surface area (Å²) in [6.07, 6.45) is 0. The summed E-state index contributed by atoms with van der Waals surface area (Å²) in [7, 11) is 0. The highest BCUT2D eigenvalue weighted by Gasteiger charge is 2.11. The number of nitro groups is 1. The molecule has 4 nitrogen and oxygen atoms in total. The van der Waals surface area contributed by atoms with Crippen LogP contribution in [0.2, 0.25) is 0 Å². The van der Waals surface area contributed by atoms with E-state index in [1.165, 1.54) is 12.1 Å². The van der Waals surface area contributed by atoms with Crippen molar-refractivity contribution < 1.29 is 10.0 Å². The average molecular weight is 166 g/mol. The van der Waals surface area contributed by atoms with Crippen molar-refractivity contribution in [2.45, 2.75) is 13.8 Å². The van der Waals surface area contributed by atoms with Gasteiger partial charge in [-0.15, -0.1) is 0 Å². The second kappa shape index (κ2) is 2.81. The molecule has 1 aromatic rings. The van der Waals surface area contributed by atoms with Crippen molar-refractivity contribution in [2.24, 2.45) is 0 Å². The number of nitro benzene ring substituents is 1. The zero-order valence-corrected chi connectivity index (χ0v) is 6.83. The second-order valence-corrected chi connectivity index (χ2v) is 2.67. The van der Waals surface area contributed by atoms with Crippen molar-refractivity contribution in [2.75, 3.05) is 0 Å². The minimum Gasteiger partial charge on any atom is -0.289 e. The third-order valence-corrected chi connectivity index (χ3v) is 1.66. The van der Waals surface area contributed by atoms with Crippen LogP contribution in [0.4, 0.5) is 5.69 Å². The van der Waals surface area contributed by atoms with E-state index < -0.39 is 4.92 Å². The molecule has 0 unspecified atom stereocenters. The van der Waals surface area contributed by atoms with E-state index in [9.17, 15) is 15.2 Å². The van der Waals surface area contributed by atoms with E-state index >= 15 is 0 Å². The molecule has 0 saturated carbocycles. The Kier molecular flexibility index (Phi) is 1.99. The Hall–Kier alpha value is -1.58. The van der Waals surface area contributed by atoms with Gasteiger partial charge in [0.2, 0.25) is 0 Å². The first-order valence-electron chi connectivity index (χ1n) is 3.45. The summed E-state index contributed by atoms with van der Waals surface area (Å²) in [5.74, 6) is -0.124. The zero-order valence-electron chi connectivity index (χ0n) is 6.83. The first-order valence-corrected chi connectivity index (χ1v) is 3.45. The van der Waals surface area contributed by atoms with Crippen molar-refractivity contribution in [3.8, 4) is 5.75 Å². The minimum atomic E-state index is -0.501. The fourth-order valence-electron chi connectivity index (χ4n) is 1.03. The summed E-state index contributed by atoms with van der Waals surface area (Å²) in [6.45, 7) is 3.14. The lowest BCUT2D eigenvalue weighted by molar-refractivity contribution is -0.385. The number of rotatable bonds is 1. The van der Waals surface area contributed by atoms with Crippen LogP contribution in [0.3, 0.4) is 0 Å². The van der Waals surface area contributed by atoms with Gasteiger partial charge in [-0.2, -0.15) is 0 Å². The SMILES string of the molecule is Cc1cc([N+](=O)[O-])cc(C)c1[O]. The maximum absolute atomic E-state index is 11.1. The molecule has 0 spiro atoms.